The molecule has 0 radical (unpaired) electrons. The van der Waals surface area contributed by atoms with Gasteiger partial charge in [0.05, 0.1) is 18.9 Å². The third-order valence-electron chi connectivity index (χ3n) is 3.41. The SMILES string of the molecule is COc1ccc(N(C(C)=O)C(=O)[C@]2(C)O[C@@H]2C)cc1. The molecule has 19 heavy (non-hydrogen) atoms. The van der Waals surface area contributed by atoms with Gasteiger partial charge in [-0.2, -0.15) is 0 Å². The molecule has 0 spiro atoms. The second-order valence-electron chi connectivity index (χ2n) is 4.72. The summed E-state index contributed by atoms with van der Waals surface area (Å²) in [6.45, 7) is 4.86. The molecule has 2 amide bonds. The van der Waals surface area contributed by atoms with E-state index in [1.54, 1.807) is 38.3 Å². The Hall–Kier alpha value is -1.88. The molecule has 1 saturated heterocycles. The summed E-state index contributed by atoms with van der Waals surface area (Å²) in [6.07, 6.45) is -0.167. The van der Waals surface area contributed by atoms with Crippen LogP contribution in [0, 0.1) is 0 Å². The van der Waals surface area contributed by atoms with E-state index >= 15 is 0 Å². The molecule has 0 unspecified atom stereocenters. The Bertz CT molecular complexity index is 511. The van der Waals surface area contributed by atoms with E-state index in [-0.39, 0.29) is 17.9 Å². The van der Waals surface area contributed by atoms with Crippen LogP contribution in [0.25, 0.3) is 0 Å². The van der Waals surface area contributed by atoms with Gasteiger partial charge in [-0.15, -0.1) is 0 Å². The number of nitrogens with zero attached hydrogens (tertiary/aromatic N) is 1. The number of methoxy groups -OCH3 is 1. The fraction of sp³-hybridized carbons (Fsp3) is 0.429. The molecule has 0 N–H and O–H groups in total. The molecule has 1 aromatic rings. The maximum Gasteiger partial charge on any atom is 0.268 e. The first-order chi connectivity index (χ1) is 8.90. The summed E-state index contributed by atoms with van der Waals surface area (Å²) in [5, 5.41) is 0. The van der Waals surface area contributed by atoms with Gasteiger partial charge in [-0.3, -0.25) is 9.59 Å². The van der Waals surface area contributed by atoms with E-state index < -0.39 is 5.60 Å². The number of anilines is 1. The Morgan fingerprint density at radius 3 is 2.21 bits per heavy atom. The number of benzene rings is 1. The van der Waals surface area contributed by atoms with Crippen LogP contribution in [0.5, 0.6) is 5.75 Å². The van der Waals surface area contributed by atoms with Crippen LogP contribution in [0.15, 0.2) is 24.3 Å². The smallest absolute Gasteiger partial charge is 0.268 e. The highest BCUT2D eigenvalue weighted by molar-refractivity contribution is 6.17. The predicted molar refractivity (Wildman–Crippen MR) is 70.1 cm³/mol. The number of amides is 2. The van der Waals surface area contributed by atoms with Crippen LogP contribution in [-0.4, -0.2) is 30.6 Å². The molecule has 2 atom stereocenters. The molecule has 0 aromatic heterocycles. The van der Waals surface area contributed by atoms with Crippen molar-refractivity contribution in [3.63, 3.8) is 0 Å². The maximum atomic E-state index is 12.4. The molecule has 1 aromatic carbocycles. The highest BCUT2D eigenvalue weighted by Gasteiger charge is 2.58. The number of rotatable bonds is 3. The first-order valence-corrected chi connectivity index (χ1v) is 6.07. The number of epoxide rings is 1. The standard InChI is InChI=1S/C14H17NO4/c1-9-14(3,19-9)13(17)15(10(2)16)11-5-7-12(18-4)8-6-11/h5-9H,1-4H3/t9-,14-/m1/s1. The molecule has 102 valence electrons. The molecule has 1 aliphatic rings. The summed E-state index contributed by atoms with van der Waals surface area (Å²) in [5.74, 6) is -0.00119. The fourth-order valence-corrected chi connectivity index (χ4v) is 1.95. The van der Waals surface area contributed by atoms with E-state index in [9.17, 15) is 9.59 Å². The first-order valence-electron chi connectivity index (χ1n) is 6.07. The topological polar surface area (TPSA) is 59.1 Å². The normalized spacial score (nSPS) is 24.7. The Morgan fingerprint density at radius 1 is 1.32 bits per heavy atom. The summed E-state index contributed by atoms with van der Waals surface area (Å²) < 4.78 is 10.3. The van der Waals surface area contributed by atoms with Gasteiger partial charge in [-0.05, 0) is 38.1 Å². The van der Waals surface area contributed by atoms with Crippen molar-refractivity contribution in [2.45, 2.75) is 32.5 Å². The Labute approximate surface area is 112 Å². The van der Waals surface area contributed by atoms with Crippen molar-refractivity contribution in [3.8, 4) is 5.75 Å². The Kier molecular flexibility index (Phi) is 3.32. The summed E-state index contributed by atoms with van der Waals surface area (Å²) >= 11 is 0. The minimum absolute atomic E-state index is 0.167. The third-order valence-corrected chi connectivity index (χ3v) is 3.41. The lowest BCUT2D eigenvalue weighted by molar-refractivity contribution is -0.128. The molecular weight excluding hydrogens is 246 g/mol. The lowest BCUT2D eigenvalue weighted by Crippen LogP contribution is -2.43. The monoisotopic (exact) mass is 263 g/mol. The van der Waals surface area contributed by atoms with Gasteiger partial charge in [-0.25, -0.2) is 4.90 Å². The minimum Gasteiger partial charge on any atom is -0.497 e. The minimum atomic E-state index is -0.897. The zero-order valence-electron chi connectivity index (χ0n) is 11.5. The molecule has 2 rings (SSSR count). The second kappa shape index (κ2) is 4.66. The average Bonchev–Trinajstić information content (AvgIpc) is 2.99. The molecule has 1 heterocycles. The number of carbonyl (C=O) groups is 2. The van der Waals surface area contributed by atoms with E-state index in [4.69, 9.17) is 9.47 Å². The molecule has 5 heteroatoms. The van der Waals surface area contributed by atoms with Crippen molar-refractivity contribution in [3.05, 3.63) is 24.3 Å². The first kappa shape index (κ1) is 13.5. The van der Waals surface area contributed by atoms with Gasteiger partial charge < -0.3 is 9.47 Å². The van der Waals surface area contributed by atoms with Crippen molar-refractivity contribution in [1.29, 1.82) is 0 Å². The number of hydrogen-bond donors (Lipinski definition) is 0. The van der Waals surface area contributed by atoms with Crippen LogP contribution in [0.4, 0.5) is 5.69 Å². The van der Waals surface area contributed by atoms with Crippen molar-refractivity contribution in [2.24, 2.45) is 0 Å². The molecule has 0 saturated carbocycles. The zero-order valence-corrected chi connectivity index (χ0v) is 11.5. The van der Waals surface area contributed by atoms with Gasteiger partial charge in [0.15, 0.2) is 5.60 Å². The van der Waals surface area contributed by atoms with E-state index in [1.807, 2.05) is 6.92 Å². The van der Waals surface area contributed by atoms with E-state index in [0.717, 1.165) is 4.90 Å². The summed E-state index contributed by atoms with van der Waals surface area (Å²) in [4.78, 5) is 25.3. The van der Waals surface area contributed by atoms with Crippen LogP contribution in [-0.2, 0) is 14.3 Å². The quantitative estimate of drug-likeness (QED) is 0.780. The second-order valence-corrected chi connectivity index (χ2v) is 4.72. The summed E-state index contributed by atoms with van der Waals surface area (Å²) in [7, 11) is 1.56. The van der Waals surface area contributed by atoms with Crippen LogP contribution in [0.2, 0.25) is 0 Å². The van der Waals surface area contributed by atoms with Crippen molar-refractivity contribution in [2.75, 3.05) is 12.0 Å². The van der Waals surface area contributed by atoms with Gasteiger partial charge in [-0.1, -0.05) is 0 Å². The molecule has 5 nitrogen and oxygen atoms in total. The summed E-state index contributed by atoms with van der Waals surface area (Å²) in [6, 6.07) is 6.76. The Balaban J connectivity index is 2.30. The number of ether oxygens (including phenoxy) is 2. The van der Waals surface area contributed by atoms with Gasteiger partial charge in [0.2, 0.25) is 5.91 Å². The number of imide groups is 1. The van der Waals surface area contributed by atoms with Crippen molar-refractivity contribution < 1.29 is 19.1 Å². The average molecular weight is 263 g/mol. The molecule has 0 aliphatic carbocycles. The molecule has 1 fully saturated rings. The summed E-state index contributed by atoms with van der Waals surface area (Å²) in [5.41, 5.74) is -0.381. The van der Waals surface area contributed by atoms with Gasteiger partial charge in [0, 0.05) is 6.92 Å². The van der Waals surface area contributed by atoms with E-state index in [2.05, 4.69) is 0 Å². The molecule has 1 aliphatic heterocycles. The fourth-order valence-electron chi connectivity index (χ4n) is 1.95. The lowest BCUT2D eigenvalue weighted by atomic mass is 10.1. The van der Waals surface area contributed by atoms with Gasteiger partial charge in [0.25, 0.3) is 5.91 Å². The largest absolute Gasteiger partial charge is 0.497 e. The highest BCUT2D eigenvalue weighted by Crippen LogP contribution is 2.38. The molecular formula is C14H17NO4. The maximum absolute atomic E-state index is 12.4. The van der Waals surface area contributed by atoms with Crippen LogP contribution in [0.3, 0.4) is 0 Å². The number of carbonyl (C=O) groups excluding carboxylic acids is 2. The van der Waals surface area contributed by atoms with Gasteiger partial charge >= 0.3 is 0 Å². The number of hydrogen-bond acceptors (Lipinski definition) is 4. The lowest BCUT2D eigenvalue weighted by Gasteiger charge is -2.21. The van der Waals surface area contributed by atoms with E-state index in [1.165, 1.54) is 6.92 Å². The molecule has 0 bridgehead atoms. The Morgan fingerprint density at radius 2 is 1.84 bits per heavy atom. The van der Waals surface area contributed by atoms with Crippen molar-refractivity contribution >= 4 is 17.5 Å². The van der Waals surface area contributed by atoms with E-state index in [0.29, 0.717) is 11.4 Å². The predicted octanol–water partition coefficient (Wildman–Crippen LogP) is 1.75. The van der Waals surface area contributed by atoms with Crippen LogP contribution in [0.1, 0.15) is 20.8 Å². The van der Waals surface area contributed by atoms with Crippen molar-refractivity contribution in [1.82, 2.24) is 0 Å². The highest BCUT2D eigenvalue weighted by atomic mass is 16.6. The van der Waals surface area contributed by atoms with Crippen LogP contribution < -0.4 is 9.64 Å². The third kappa shape index (κ3) is 2.33. The zero-order chi connectivity index (χ0) is 14.2. The van der Waals surface area contributed by atoms with Crippen LogP contribution >= 0.6 is 0 Å². The van der Waals surface area contributed by atoms with Gasteiger partial charge in [0.1, 0.15) is 5.75 Å².